The van der Waals surface area contributed by atoms with Gasteiger partial charge in [-0.25, -0.2) is 9.78 Å². The SMILES string of the molecule is O=C(NC1CCCCC1)N[C@H]1CO[C@H]2[C@@H]1OC[C@@H]2Sc1cnccn1. The number of carbonyl (C=O) groups is 1. The molecule has 0 bridgehead atoms. The number of hydrogen-bond acceptors (Lipinski definition) is 6. The lowest BCUT2D eigenvalue weighted by atomic mass is 9.96. The molecule has 0 spiro atoms. The molecular weight excluding hydrogens is 340 g/mol. The minimum absolute atomic E-state index is 0.0213. The Morgan fingerprint density at radius 3 is 2.72 bits per heavy atom. The molecule has 1 aromatic rings. The van der Waals surface area contributed by atoms with Crippen LogP contribution in [0.15, 0.2) is 23.6 Å². The molecule has 136 valence electrons. The molecule has 3 fully saturated rings. The summed E-state index contributed by atoms with van der Waals surface area (Å²) >= 11 is 1.63. The molecule has 1 aliphatic carbocycles. The van der Waals surface area contributed by atoms with Crippen LogP contribution in [0.2, 0.25) is 0 Å². The van der Waals surface area contributed by atoms with Crippen LogP contribution in [0.1, 0.15) is 32.1 Å². The molecule has 1 saturated carbocycles. The summed E-state index contributed by atoms with van der Waals surface area (Å²) in [6.07, 6.45) is 10.8. The minimum atomic E-state index is -0.102. The maximum absolute atomic E-state index is 12.3. The normalized spacial score (nSPS) is 32.3. The Bertz CT molecular complexity index is 585. The van der Waals surface area contributed by atoms with E-state index in [-0.39, 0.29) is 29.5 Å². The highest BCUT2D eigenvalue weighted by atomic mass is 32.2. The van der Waals surface area contributed by atoms with E-state index in [1.807, 2.05) is 0 Å². The van der Waals surface area contributed by atoms with Crippen molar-refractivity contribution in [2.24, 2.45) is 0 Å². The molecule has 4 atom stereocenters. The van der Waals surface area contributed by atoms with E-state index in [1.165, 1.54) is 19.3 Å². The number of nitrogens with zero attached hydrogens (tertiary/aromatic N) is 2. The van der Waals surface area contributed by atoms with E-state index in [4.69, 9.17) is 9.47 Å². The number of carbonyl (C=O) groups excluding carboxylic acids is 1. The van der Waals surface area contributed by atoms with Gasteiger partial charge in [-0.1, -0.05) is 31.0 Å². The van der Waals surface area contributed by atoms with Crippen LogP contribution in [0, 0.1) is 0 Å². The van der Waals surface area contributed by atoms with E-state index in [1.54, 1.807) is 30.4 Å². The lowest BCUT2D eigenvalue weighted by molar-refractivity contribution is 0.0693. The maximum Gasteiger partial charge on any atom is 0.315 e. The standard InChI is InChI=1S/C17H24N4O3S/c22-17(20-11-4-2-1-3-5-11)21-12-9-23-16-13(10-24-15(12)16)25-14-8-18-6-7-19-14/h6-8,11-13,15-16H,1-5,9-10H2,(H2,20,21,22)/t12-,13-,15+,16+/m0/s1. The molecule has 0 aromatic carbocycles. The number of ether oxygens (including phenoxy) is 2. The van der Waals surface area contributed by atoms with Gasteiger partial charge >= 0.3 is 6.03 Å². The molecule has 1 aromatic heterocycles. The van der Waals surface area contributed by atoms with Crippen LogP contribution in [0.25, 0.3) is 0 Å². The van der Waals surface area contributed by atoms with Crippen molar-refractivity contribution in [2.75, 3.05) is 13.2 Å². The van der Waals surface area contributed by atoms with Gasteiger partial charge in [-0.05, 0) is 12.8 Å². The van der Waals surface area contributed by atoms with E-state index in [0.717, 1.165) is 17.9 Å². The van der Waals surface area contributed by atoms with E-state index in [2.05, 4.69) is 20.6 Å². The predicted molar refractivity (Wildman–Crippen MR) is 93.5 cm³/mol. The lowest BCUT2D eigenvalue weighted by Crippen LogP contribution is -2.51. The van der Waals surface area contributed by atoms with Crippen LogP contribution < -0.4 is 10.6 Å². The quantitative estimate of drug-likeness (QED) is 0.846. The zero-order valence-corrected chi connectivity index (χ0v) is 14.9. The van der Waals surface area contributed by atoms with Crippen molar-refractivity contribution in [2.45, 2.75) is 66.7 Å². The van der Waals surface area contributed by atoms with E-state index < -0.39 is 0 Å². The monoisotopic (exact) mass is 364 g/mol. The van der Waals surface area contributed by atoms with Gasteiger partial charge in [0.2, 0.25) is 0 Å². The third-order valence-corrected chi connectivity index (χ3v) is 6.24. The Kier molecular flexibility index (Phi) is 5.38. The molecule has 2 N–H and O–H groups in total. The Balaban J connectivity index is 1.28. The fourth-order valence-corrected chi connectivity index (χ4v) is 4.90. The first-order valence-corrected chi connectivity index (χ1v) is 9.90. The van der Waals surface area contributed by atoms with Gasteiger partial charge < -0.3 is 20.1 Å². The van der Waals surface area contributed by atoms with Crippen molar-refractivity contribution in [3.05, 3.63) is 18.6 Å². The van der Waals surface area contributed by atoms with Crippen LogP contribution in [0.5, 0.6) is 0 Å². The third kappa shape index (κ3) is 4.07. The number of fused-ring (bicyclic) bond motifs is 1. The van der Waals surface area contributed by atoms with Crippen LogP contribution in [-0.4, -0.2) is 58.8 Å². The summed E-state index contributed by atoms with van der Waals surface area (Å²) in [6.45, 7) is 1.09. The molecule has 2 amide bonds. The van der Waals surface area contributed by atoms with Gasteiger partial charge in [0.25, 0.3) is 0 Å². The summed E-state index contributed by atoms with van der Waals surface area (Å²) < 4.78 is 11.9. The fraction of sp³-hybridized carbons (Fsp3) is 0.706. The smallest absolute Gasteiger partial charge is 0.315 e. The number of urea groups is 1. The molecule has 8 heteroatoms. The molecule has 0 unspecified atom stereocenters. The van der Waals surface area contributed by atoms with Gasteiger partial charge in [0.15, 0.2) is 0 Å². The largest absolute Gasteiger partial charge is 0.372 e. The van der Waals surface area contributed by atoms with Gasteiger partial charge in [-0.3, -0.25) is 4.98 Å². The van der Waals surface area contributed by atoms with Crippen LogP contribution in [0.3, 0.4) is 0 Å². The zero-order chi connectivity index (χ0) is 17.1. The summed E-state index contributed by atoms with van der Waals surface area (Å²) in [5, 5.41) is 7.18. The van der Waals surface area contributed by atoms with Crippen LogP contribution in [0.4, 0.5) is 4.79 Å². The Morgan fingerprint density at radius 1 is 1.08 bits per heavy atom. The van der Waals surface area contributed by atoms with Crippen LogP contribution >= 0.6 is 11.8 Å². The number of aromatic nitrogens is 2. The highest BCUT2D eigenvalue weighted by Crippen LogP contribution is 2.36. The third-order valence-electron chi connectivity index (χ3n) is 5.08. The van der Waals surface area contributed by atoms with E-state index in [0.29, 0.717) is 19.3 Å². The molecule has 4 rings (SSSR count). The van der Waals surface area contributed by atoms with Gasteiger partial charge in [0.1, 0.15) is 17.2 Å². The van der Waals surface area contributed by atoms with Crippen molar-refractivity contribution < 1.29 is 14.3 Å². The van der Waals surface area contributed by atoms with Crippen molar-refractivity contribution in [1.82, 2.24) is 20.6 Å². The molecule has 3 heterocycles. The number of rotatable bonds is 4. The van der Waals surface area contributed by atoms with E-state index in [9.17, 15) is 4.79 Å². The first-order valence-electron chi connectivity index (χ1n) is 9.02. The second kappa shape index (κ2) is 7.88. The highest BCUT2D eigenvalue weighted by molar-refractivity contribution is 8.00. The fourth-order valence-electron chi connectivity index (χ4n) is 3.83. The summed E-state index contributed by atoms with van der Waals surface area (Å²) in [5.74, 6) is 0. The highest BCUT2D eigenvalue weighted by Gasteiger charge is 2.48. The van der Waals surface area contributed by atoms with Crippen molar-refractivity contribution in [3.63, 3.8) is 0 Å². The Morgan fingerprint density at radius 2 is 1.92 bits per heavy atom. The maximum atomic E-state index is 12.3. The molecular formula is C17H24N4O3S. The summed E-state index contributed by atoms with van der Waals surface area (Å²) in [5.41, 5.74) is 0. The van der Waals surface area contributed by atoms with Gasteiger partial charge in [-0.15, -0.1) is 0 Å². The molecule has 2 saturated heterocycles. The summed E-state index contributed by atoms with van der Waals surface area (Å²) in [6, 6.07) is 0.104. The Labute approximate surface area is 151 Å². The molecule has 0 radical (unpaired) electrons. The molecule has 7 nitrogen and oxygen atoms in total. The second-order valence-corrected chi connectivity index (χ2v) is 8.11. The minimum Gasteiger partial charge on any atom is -0.372 e. The van der Waals surface area contributed by atoms with Gasteiger partial charge in [0, 0.05) is 18.4 Å². The molecule has 2 aliphatic heterocycles. The van der Waals surface area contributed by atoms with Gasteiger partial charge in [-0.2, -0.15) is 0 Å². The van der Waals surface area contributed by atoms with Crippen molar-refractivity contribution in [3.8, 4) is 0 Å². The first-order chi connectivity index (χ1) is 12.3. The lowest BCUT2D eigenvalue weighted by Gasteiger charge is -2.24. The molecule has 3 aliphatic rings. The summed E-state index contributed by atoms with van der Waals surface area (Å²) in [4.78, 5) is 20.7. The average Bonchev–Trinajstić information content (AvgIpc) is 3.21. The van der Waals surface area contributed by atoms with Crippen molar-refractivity contribution in [1.29, 1.82) is 0 Å². The zero-order valence-electron chi connectivity index (χ0n) is 14.1. The first kappa shape index (κ1) is 17.1. The predicted octanol–water partition coefficient (Wildman–Crippen LogP) is 1.74. The number of thioether (sulfide) groups is 1. The Hall–Kier alpha value is -1.38. The van der Waals surface area contributed by atoms with E-state index >= 15 is 0 Å². The van der Waals surface area contributed by atoms with Gasteiger partial charge in [0.05, 0.1) is 30.7 Å². The average molecular weight is 364 g/mol. The summed E-state index contributed by atoms with van der Waals surface area (Å²) in [7, 11) is 0. The molecule has 25 heavy (non-hydrogen) atoms. The number of nitrogens with one attached hydrogen (secondary N) is 2. The van der Waals surface area contributed by atoms with Crippen LogP contribution in [-0.2, 0) is 9.47 Å². The number of hydrogen-bond donors (Lipinski definition) is 2. The van der Waals surface area contributed by atoms with Crippen molar-refractivity contribution >= 4 is 17.8 Å². The second-order valence-electron chi connectivity index (χ2n) is 6.86. The topological polar surface area (TPSA) is 85.4 Å². The number of amides is 2.